The number of carbonyl (C=O) groups excluding carboxylic acids is 2. The second-order valence-electron chi connectivity index (χ2n) is 2.14. The molecule has 0 aromatic carbocycles. The van der Waals surface area contributed by atoms with Crippen molar-refractivity contribution in [1.82, 2.24) is 4.98 Å². The van der Waals surface area contributed by atoms with Crippen LogP contribution < -0.4 is 0 Å². The summed E-state index contributed by atoms with van der Waals surface area (Å²) in [6, 6.07) is 1.46. The highest BCUT2D eigenvalue weighted by Gasteiger charge is 2.22. The van der Waals surface area contributed by atoms with Crippen LogP contribution in [0.1, 0.15) is 20.7 Å². The highest BCUT2D eigenvalue weighted by atomic mass is 16.6. The maximum Gasteiger partial charge on any atom is 0.347 e. The Labute approximate surface area is 61.8 Å². The lowest BCUT2D eigenvalue weighted by Gasteiger charge is -2.08. The van der Waals surface area contributed by atoms with Gasteiger partial charge in [0.15, 0.2) is 0 Å². The zero-order valence-electron chi connectivity index (χ0n) is 5.40. The Morgan fingerprint density at radius 2 is 1.64 bits per heavy atom. The van der Waals surface area contributed by atoms with Crippen molar-refractivity contribution in [3.8, 4) is 0 Å². The molecule has 0 N–H and O–H groups in total. The summed E-state index contributed by atoms with van der Waals surface area (Å²) in [6.45, 7) is 0. The van der Waals surface area contributed by atoms with E-state index >= 15 is 0 Å². The van der Waals surface area contributed by atoms with Gasteiger partial charge in [-0.3, -0.25) is 4.98 Å². The Morgan fingerprint density at radius 1 is 1.09 bits per heavy atom. The first kappa shape index (κ1) is 6.03. The first-order valence-corrected chi connectivity index (χ1v) is 2.99. The van der Waals surface area contributed by atoms with Gasteiger partial charge in [0.2, 0.25) is 0 Å². The van der Waals surface area contributed by atoms with Gasteiger partial charge in [0.25, 0.3) is 0 Å². The van der Waals surface area contributed by atoms with Gasteiger partial charge >= 0.3 is 11.9 Å². The molecule has 2 bridgehead atoms. The van der Waals surface area contributed by atoms with E-state index in [9.17, 15) is 9.59 Å². The van der Waals surface area contributed by atoms with Gasteiger partial charge in [-0.25, -0.2) is 9.59 Å². The fourth-order valence-electron chi connectivity index (χ4n) is 0.865. The normalized spacial score (nSPS) is 14.5. The number of rotatable bonds is 0. The van der Waals surface area contributed by atoms with Crippen LogP contribution in [-0.2, 0) is 4.74 Å². The molecule has 0 radical (unpaired) electrons. The Morgan fingerprint density at radius 3 is 2.18 bits per heavy atom. The second kappa shape index (κ2) is 1.88. The first-order valence-electron chi connectivity index (χ1n) is 2.99. The third-order valence-electron chi connectivity index (χ3n) is 1.40. The van der Waals surface area contributed by atoms with Crippen LogP contribution in [0.4, 0.5) is 0 Å². The largest absolute Gasteiger partial charge is 0.386 e. The van der Waals surface area contributed by atoms with Crippen LogP contribution >= 0.6 is 0 Å². The van der Waals surface area contributed by atoms with E-state index in [1.165, 1.54) is 18.5 Å². The summed E-state index contributed by atoms with van der Waals surface area (Å²) < 4.78 is 4.35. The minimum Gasteiger partial charge on any atom is -0.386 e. The van der Waals surface area contributed by atoms with Gasteiger partial charge in [-0.05, 0) is 6.07 Å². The molecule has 0 saturated heterocycles. The van der Waals surface area contributed by atoms with E-state index in [0.29, 0.717) is 11.1 Å². The highest BCUT2D eigenvalue weighted by molar-refractivity contribution is 6.06. The number of cyclic esters (lactones) is 2. The molecule has 0 unspecified atom stereocenters. The predicted octanol–water partition coefficient (Wildman–Crippen LogP) is 0.392. The Bertz CT molecular complexity index is 316. The maximum atomic E-state index is 10.8. The molecular weight excluding hydrogens is 146 g/mol. The number of fused-ring (bicyclic) bond motifs is 2. The summed E-state index contributed by atoms with van der Waals surface area (Å²) in [4.78, 5) is 25.3. The number of hydrogen-bond donors (Lipinski definition) is 0. The third kappa shape index (κ3) is 0.797. The summed E-state index contributed by atoms with van der Waals surface area (Å²) >= 11 is 0. The number of nitrogens with zero attached hydrogens (tertiary/aromatic N) is 1. The summed E-state index contributed by atoms with van der Waals surface area (Å²) in [5.41, 5.74) is 0.643. The van der Waals surface area contributed by atoms with Crippen molar-refractivity contribution < 1.29 is 14.3 Å². The molecule has 1 aromatic rings. The lowest BCUT2D eigenvalue weighted by atomic mass is 10.2. The topological polar surface area (TPSA) is 56.3 Å². The molecule has 0 atom stereocenters. The Kier molecular flexibility index (Phi) is 1.03. The first-order chi connectivity index (χ1) is 5.27. The van der Waals surface area contributed by atoms with Crippen molar-refractivity contribution in [1.29, 1.82) is 0 Å². The van der Waals surface area contributed by atoms with E-state index in [1.54, 1.807) is 0 Å². The molecule has 11 heavy (non-hydrogen) atoms. The molecule has 1 aliphatic rings. The Hall–Kier alpha value is -1.71. The van der Waals surface area contributed by atoms with Crippen LogP contribution in [-0.4, -0.2) is 16.9 Å². The summed E-state index contributed by atoms with van der Waals surface area (Å²) in [7, 11) is 0. The van der Waals surface area contributed by atoms with Crippen LogP contribution in [0.15, 0.2) is 18.5 Å². The molecular formula is C7H3NO3. The number of hydrogen-bond acceptors (Lipinski definition) is 4. The quantitative estimate of drug-likeness (QED) is 0.395. The second-order valence-corrected chi connectivity index (χ2v) is 2.14. The number of carbonyl (C=O) groups is 2. The monoisotopic (exact) mass is 149 g/mol. The van der Waals surface area contributed by atoms with E-state index in [-0.39, 0.29) is 0 Å². The Balaban J connectivity index is 2.67. The van der Waals surface area contributed by atoms with Crippen molar-refractivity contribution in [2.24, 2.45) is 0 Å². The average molecular weight is 149 g/mol. The third-order valence-corrected chi connectivity index (χ3v) is 1.40. The van der Waals surface area contributed by atoms with Gasteiger partial charge in [0.1, 0.15) is 0 Å². The summed E-state index contributed by atoms with van der Waals surface area (Å²) in [6.07, 6.45) is 2.72. The average Bonchev–Trinajstić information content (AvgIpc) is 2.02. The molecule has 2 heterocycles. The number of esters is 2. The molecule has 54 valence electrons. The van der Waals surface area contributed by atoms with E-state index in [0.717, 1.165) is 0 Å². The van der Waals surface area contributed by atoms with Crippen molar-refractivity contribution in [3.63, 3.8) is 0 Å². The van der Waals surface area contributed by atoms with E-state index in [4.69, 9.17) is 0 Å². The predicted molar refractivity (Wildman–Crippen MR) is 34.0 cm³/mol. The molecule has 4 heteroatoms. The SMILES string of the molecule is O=C1OC(=O)c2cncc1c2. The van der Waals surface area contributed by atoms with Crippen LogP contribution in [0.5, 0.6) is 0 Å². The van der Waals surface area contributed by atoms with Gasteiger partial charge in [-0.15, -0.1) is 0 Å². The summed E-state index contributed by atoms with van der Waals surface area (Å²) in [5.74, 6) is -1.26. The standard InChI is InChI=1S/C7H3NO3/c9-6-4-1-5(3-8-2-4)7(10)11-6/h1-3H. The molecule has 0 amide bonds. The molecule has 0 aliphatic carbocycles. The van der Waals surface area contributed by atoms with Gasteiger partial charge in [-0.1, -0.05) is 0 Å². The fourth-order valence-corrected chi connectivity index (χ4v) is 0.865. The maximum absolute atomic E-state index is 10.8. The van der Waals surface area contributed by atoms with Crippen molar-refractivity contribution >= 4 is 11.9 Å². The zero-order valence-corrected chi connectivity index (χ0v) is 5.40. The number of pyridine rings is 1. The lowest BCUT2D eigenvalue weighted by molar-refractivity contribution is 0.0383. The van der Waals surface area contributed by atoms with E-state index in [2.05, 4.69) is 9.72 Å². The molecule has 1 aromatic heterocycles. The molecule has 2 rings (SSSR count). The number of aromatic nitrogens is 1. The van der Waals surface area contributed by atoms with E-state index in [1.807, 2.05) is 0 Å². The minimum absolute atomic E-state index is 0.321. The van der Waals surface area contributed by atoms with Crippen LogP contribution in [0.25, 0.3) is 0 Å². The molecule has 0 saturated carbocycles. The summed E-state index contributed by atoms with van der Waals surface area (Å²) in [5, 5.41) is 0. The molecule has 1 aliphatic heterocycles. The van der Waals surface area contributed by atoms with Crippen LogP contribution in [0, 0.1) is 0 Å². The van der Waals surface area contributed by atoms with Crippen molar-refractivity contribution in [2.45, 2.75) is 0 Å². The van der Waals surface area contributed by atoms with Crippen LogP contribution in [0.3, 0.4) is 0 Å². The van der Waals surface area contributed by atoms with Gasteiger partial charge in [-0.2, -0.15) is 0 Å². The van der Waals surface area contributed by atoms with Gasteiger partial charge in [0, 0.05) is 12.4 Å². The van der Waals surface area contributed by atoms with E-state index < -0.39 is 11.9 Å². The molecule has 4 nitrogen and oxygen atoms in total. The van der Waals surface area contributed by atoms with Crippen molar-refractivity contribution in [2.75, 3.05) is 0 Å². The van der Waals surface area contributed by atoms with Gasteiger partial charge in [0.05, 0.1) is 11.1 Å². The lowest BCUT2D eigenvalue weighted by Crippen LogP contribution is -2.18. The molecule has 0 fully saturated rings. The zero-order chi connectivity index (χ0) is 7.84. The van der Waals surface area contributed by atoms with Crippen molar-refractivity contribution in [3.05, 3.63) is 29.6 Å². The molecule has 0 spiro atoms. The smallest absolute Gasteiger partial charge is 0.347 e. The number of ether oxygens (including phenoxy) is 1. The highest BCUT2D eigenvalue weighted by Crippen LogP contribution is 2.12. The van der Waals surface area contributed by atoms with Crippen LogP contribution in [0.2, 0.25) is 0 Å². The minimum atomic E-state index is -0.629. The fraction of sp³-hybridized carbons (Fsp3) is 0. The van der Waals surface area contributed by atoms with Gasteiger partial charge < -0.3 is 4.74 Å².